The van der Waals surface area contributed by atoms with E-state index in [4.69, 9.17) is 8.83 Å². The highest BCUT2D eigenvalue weighted by Gasteiger charge is 2.46. The molecule has 0 radical (unpaired) electrons. The molecule has 0 N–H and O–H groups in total. The number of hydrogen-bond acceptors (Lipinski definition) is 2. The molecule has 0 aliphatic rings. The van der Waals surface area contributed by atoms with Crippen molar-refractivity contribution in [3.05, 3.63) is 328 Å². The molecule has 0 unspecified atom stereocenters. The van der Waals surface area contributed by atoms with Gasteiger partial charge in [0.05, 0.1) is 27.8 Å². The van der Waals surface area contributed by atoms with Gasteiger partial charge in [0.25, 0.3) is 0 Å². The van der Waals surface area contributed by atoms with Crippen LogP contribution in [0.4, 0.5) is 0 Å². The highest BCUT2D eigenvalue weighted by molar-refractivity contribution is 7.21. The Balaban J connectivity index is 0.717. The fraction of sp³-hybridized carbons (Fsp3) is 0. The van der Waals surface area contributed by atoms with Crippen LogP contribution in [-0.2, 0) is 0 Å². The number of hydrogen-bond donors (Lipinski definition) is 0. The first-order valence-corrected chi connectivity index (χ1v) is 32.5. The molecule has 0 aliphatic heterocycles. The second kappa shape index (κ2) is 20.3. The van der Waals surface area contributed by atoms with E-state index < -0.39 is 8.07 Å². The second-order valence-corrected chi connectivity index (χ2v) is 27.2. The molecule has 0 fully saturated rings. The van der Waals surface area contributed by atoms with Gasteiger partial charge in [-0.25, -0.2) is 0 Å². The standard InChI is InChI=1S/C84H54N2O2Si/c1-3-19-63(20-4-1)89(64-21-5-2-6-22-64,81-35-17-28-70-72-53-60(47-51-79(72)87-83(70)81)57-39-37-55(38-40-57)56-45-49-62(50-46-56)85-75-31-13-8-24-66(75)67-25-9-14-32-76(67)85)82-36-18-29-71-73-54-61(48-52-80(73)88-84(71)82)58-41-43-59(44-42-58)65-23-7-12-30-74(65)86-77-33-15-10-26-68(77)69-27-11-16-34-78(69)86/h1-54H. The van der Waals surface area contributed by atoms with Crippen LogP contribution in [0.3, 0.4) is 0 Å². The average molecular weight is 1150 g/mol. The number of aromatic nitrogens is 2. The first kappa shape index (κ1) is 50.8. The van der Waals surface area contributed by atoms with E-state index in [-0.39, 0.29) is 0 Å². The molecule has 18 aromatic rings. The molecule has 4 heterocycles. The Morgan fingerprint density at radius 3 is 1.04 bits per heavy atom. The monoisotopic (exact) mass is 1150 g/mol. The molecule has 0 amide bonds. The maximum absolute atomic E-state index is 7.25. The van der Waals surface area contributed by atoms with Crippen molar-refractivity contribution in [3.8, 4) is 55.9 Å². The number of para-hydroxylation sites is 7. The summed E-state index contributed by atoms with van der Waals surface area (Å²) in [5, 5.41) is 14.2. The van der Waals surface area contributed by atoms with Gasteiger partial charge in [0.2, 0.25) is 0 Å². The minimum Gasteiger partial charge on any atom is -0.456 e. The summed E-state index contributed by atoms with van der Waals surface area (Å²) in [6.45, 7) is 0. The lowest BCUT2D eigenvalue weighted by molar-refractivity contribution is 0.670. The Morgan fingerprint density at radius 2 is 0.584 bits per heavy atom. The largest absolute Gasteiger partial charge is 0.456 e. The third-order valence-electron chi connectivity index (χ3n) is 18.7. The van der Waals surface area contributed by atoms with Crippen LogP contribution in [0.15, 0.2) is 336 Å². The maximum atomic E-state index is 7.25. The minimum absolute atomic E-state index is 0.855. The van der Waals surface area contributed by atoms with Gasteiger partial charge < -0.3 is 18.0 Å². The van der Waals surface area contributed by atoms with E-state index in [1.807, 2.05) is 0 Å². The van der Waals surface area contributed by atoms with Crippen LogP contribution in [0.5, 0.6) is 0 Å². The van der Waals surface area contributed by atoms with Crippen molar-refractivity contribution < 1.29 is 8.83 Å². The summed E-state index contributed by atoms with van der Waals surface area (Å²) in [5.74, 6) is 0. The van der Waals surface area contributed by atoms with E-state index in [1.54, 1.807) is 0 Å². The molecule has 0 atom stereocenters. The number of furan rings is 2. The summed E-state index contributed by atoms with van der Waals surface area (Å²) in [5.41, 5.74) is 19.9. The molecule has 5 heteroatoms. The third kappa shape index (κ3) is 7.92. The molecule has 0 aliphatic carbocycles. The van der Waals surface area contributed by atoms with Gasteiger partial charge in [0, 0.05) is 54.3 Å². The summed E-state index contributed by atoms with van der Waals surface area (Å²) < 4.78 is 19.3. The normalized spacial score (nSPS) is 12.0. The Kier molecular flexibility index (Phi) is 11.6. The van der Waals surface area contributed by atoms with Crippen molar-refractivity contribution in [1.82, 2.24) is 9.13 Å². The molecular formula is C84H54N2O2Si. The first-order valence-electron chi connectivity index (χ1n) is 30.5. The number of benzene rings is 14. The first-order chi connectivity index (χ1) is 44.1. The minimum atomic E-state index is -3.28. The van der Waals surface area contributed by atoms with Crippen molar-refractivity contribution in [1.29, 1.82) is 0 Å². The Hall–Kier alpha value is -11.5. The van der Waals surface area contributed by atoms with E-state index in [9.17, 15) is 0 Å². The summed E-state index contributed by atoms with van der Waals surface area (Å²) >= 11 is 0. The zero-order valence-electron chi connectivity index (χ0n) is 48.4. The van der Waals surface area contributed by atoms with Gasteiger partial charge >= 0.3 is 0 Å². The number of rotatable bonds is 10. The van der Waals surface area contributed by atoms with Crippen LogP contribution in [0.1, 0.15) is 0 Å². The third-order valence-corrected chi connectivity index (χ3v) is 23.5. The van der Waals surface area contributed by atoms with Gasteiger partial charge in [0.15, 0.2) is 8.07 Å². The van der Waals surface area contributed by atoms with Crippen molar-refractivity contribution in [3.63, 3.8) is 0 Å². The lowest BCUT2D eigenvalue weighted by atomic mass is 9.98. The Morgan fingerprint density at radius 1 is 0.236 bits per heavy atom. The van der Waals surface area contributed by atoms with Crippen LogP contribution < -0.4 is 20.7 Å². The van der Waals surface area contributed by atoms with Crippen LogP contribution in [0, 0.1) is 0 Å². The topological polar surface area (TPSA) is 36.1 Å². The van der Waals surface area contributed by atoms with Crippen LogP contribution in [0.25, 0.3) is 143 Å². The Labute approximate surface area is 514 Å². The van der Waals surface area contributed by atoms with Gasteiger partial charge in [-0.05, 0) is 126 Å². The fourth-order valence-corrected chi connectivity index (χ4v) is 19.7. The van der Waals surface area contributed by atoms with E-state index >= 15 is 0 Å². The molecule has 4 aromatic heterocycles. The van der Waals surface area contributed by atoms with Gasteiger partial charge in [-0.1, -0.05) is 261 Å². The van der Waals surface area contributed by atoms with Crippen LogP contribution in [0.2, 0.25) is 0 Å². The van der Waals surface area contributed by atoms with Crippen molar-refractivity contribution >= 4 is 116 Å². The predicted octanol–water partition coefficient (Wildman–Crippen LogP) is 19.7. The number of fused-ring (bicyclic) bond motifs is 12. The molecule has 89 heavy (non-hydrogen) atoms. The Bertz CT molecular complexity index is 5630. The molecule has 4 nitrogen and oxygen atoms in total. The highest BCUT2D eigenvalue weighted by Crippen LogP contribution is 2.40. The summed E-state index contributed by atoms with van der Waals surface area (Å²) in [4.78, 5) is 0. The lowest BCUT2D eigenvalue weighted by Crippen LogP contribution is -2.75. The predicted molar refractivity (Wildman–Crippen MR) is 375 cm³/mol. The van der Waals surface area contributed by atoms with Gasteiger partial charge in [-0.2, -0.15) is 0 Å². The van der Waals surface area contributed by atoms with E-state index in [0.29, 0.717) is 0 Å². The highest BCUT2D eigenvalue weighted by atomic mass is 28.3. The quantitative estimate of drug-likeness (QED) is 0.101. The smallest absolute Gasteiger partial charge is 0.188 e. The van der Waals surface area contributed by atoms with E-state index in [2.05, 4.69) is 337 Å². The molecule has 0 saturated carbocycles. The molecule has 14 aromatic carbocycles. The summed E-state index contributed by atoms with van der Waals surface area (Å²) in [7, 11) is -3.28. The summed E-state index contributed by atoms with van der Waals surface area (Å²) in [6, 6.07) is 120. The molecule has 0 spiro atoms. The van der Waals surface area contributed by atoms with E-state index in [0.717, 1.165) is 83.1 Å². The average Bonchev–Trinajstić information content (AvgIpc) is 1.98. The molecule has 18 rings (SSSR count). The zero-order valence-corrected chi connectivity index (χ0v) is 49.4. The molecule has 0 bridgehead atoms. The number of nitrogens with zero attached hydrogens (tertiary/aromatic N) is 2. The molecule has 0 saturated heterocycles. The van der Waals surface area contributed by atoms with Gasteiger partial charge in [-0.3, -0.25) is 0 Å². The van der Waals surface area contributed by atoms with E-state index in [1.165, 1.54) is 81.0 Å². The maximum Gasteiger partial charge on any atom is 0.188 e. The van der Waals surface area contributed by atoms with Crippen LogP contribution >= 0.6 is 0 Å². The van der Waals surface area contributed by atoms with Gasteiger partial charge in [0.1, 0.15) is 22.3 Å². The van der Waals surface area contributed by atoms with Crippen molar-refractivity contribution in [2.75, 3.05) is 0 Å². The van der Waals surface area contributed by atoms with Crippen molar-refractivity contribution in [2.24, 2.45) is 0 Å². The zero-order chi connectivity index (χ0) is 58.6. The van der Waals surface area contributed by atoms with Crippen LogP contribution in [-0.4, -0.2) is 17.2 Å². The second-order valence-electron chi connectivity index (χ2n) is 23.4. The van der Waals surface area contributed by atoms with Crippen molar-refractivity contribution in [2.45, 2.75) is 0 Å². The van der Waals surface area contributed by atoms with Gasteiger partial charge in [-0.15, -0.1) is 0 Å². The SMILES string of the molecule is c1ccc([Si](c2ccccc2)(c2cccc3c2oc2ccc(-c4ccc(-c5ccc(-n6c7ccccc7c7ccccc76)cc5)cc4)cc23)c2cccc3c2oc2ccc(-c4ccc(-c5ccccc5-n5c6ccccc6c6ccccc65)cc4)cc23)cc1. The molecular weight excluding hydrogens is 1100 g/mol. The summed E-state index contributed by atoms with van der Waals surface area (Å²) in [6.07, 6.45) is 0. The fourth-order valence-electron chi connectivity index (χ4n) is 14.7. The lowest BCUT2D eigenvalue weighted by Gasteiger charge is -2.34. The molecule has 416 valence electrons.